The Morgan fingerprint density at radius 3 is 2.47 bits per heavy atom. The molecular weight excluding hydrogens is 737 g/mol. The fraction of sp³-hybridized carbons (Fsp3) is 0.651. The van der Waals surface area contributed by atoms with Gasteiger partial charge in [-0.15, -0.1) is 0 Å². The number of amides is 1. The number of ether oxygens (including phenoxy) is 5. The topological polar surface area (TPSA) is 163 Å². The molecule has 314 valence electrons. The molecule has 1 aromatic carbocycles. The number of aliphatic hydroxyl groups is 1. The Kier molecular flexibility index (Phi) is 13.7. The molecule has 5 rings (SSSR count). The van der Waals surface area contributed by atoms with Crippen molar-refractivity contribution in [3.05, 3.63) is 48.2 Å². The van der Waals surface area contributed by atoms with Gasteiger partial charge in [0, 0.05) is 35.4 Å². The Labute approximate surface area is 335 Å². The summed E-state index contributed by atoms with van der Waals surface area (Å²) in [5, 5.41) is 15.3. The van der Waals surface area contributed by atoms with Gasteiger partial charge in [0.25, 0.3) is 5.67 Å². The quantitative estimate of drug-likeness (QED) is 0.239. The van der Waals surface area contributed by atoms with Crippen molar-refractivity contribution in [3.8, 4) is 0 Å². The largest absolute Gasteiger partial charge is 0.455 e. The first-order chi connectivity index (χ1) is 26.7. The van der Waals surface area contributed by atoms with Crippen LogP contribution in [-0.2, 0) is 38.1 Å². The lowest BCUT2D eigenvalue weighted by molar-refractivity contribution is -0.297. The maximum absolute atomic E-state index is 17.0. The third kappa shape index (κ3) is 9.25. The number of alkyl carbamates (subject to hydrolysis) is 1. The van der Waals surface area contributed by atoms with E-state index in [9.17, 15) is 24.3 Å². The molecule has 4 heterocycles. The predicted molar refractivity (Wildman–Crippen MR) is 211 cm³/mol. The fourth-order valence-electron chi connectivity index (χ4n) is 8.86. The Balaban J connectivity index is 1.59. The number of pyridine rings is 1. The SMILES string of the molecule is CCC[C@H]1OC(=O)[C@@](C)(F)C(=O)[C@H](C)[C@@H](OC2O[C@H](C)C[C@H](N(C)C)[C@H]2O)[C@](C)(OC/C=C/c2ccc3cccnc3c2)C[C@@H](C)C(=O)[C@H](C)[C@@H]2NC(=O)O[C@]12C. The number of alkyl halides is 1. The number of aromatic nitrogens is 1. The van der Waals surface area contributed by atoms with Crippen molar-refractivity contribution in [3.63, 3.8) is 0 Å². The Hall–Kier alpha value is -3.82. The highest BCUT2D eigenvalue weighted by Crippen LogP contribution is 2.41. The number of carbonyl (C=O) groups is 4. The molecule has 3 fully saturated rings. The normalized spacial score (nSPS) is 38.5. The fourth-order valence-corrected chi connectivity index (χ4v) is 8.86. The highest BCUT2D eigenvalue weighted by atomic mass is 19.1. The third-order valence-corrected chi connectivity index (χ3v) is 12.1. The van der Waals surface area contributed by atoms with Crippen LogP contribution in [0.2, 0.25) is 0 Å². The van der Waals surface area contributed by atoms with Gasteiger partial charge in [0.1, 0.15) is 18.0 Å². The summed E-state index contributed by atoms with van der Waals surface area (Å²) >= 11 is 0. The second-order valence-electron chi connectivity index (χ2n) is 16.9. The molecule has 0 radical (unpaired) electrons. The van der Waals surface area contributed by atoms with E-state index in [4.69, 9.17) is 23.7 Å². The van der Waals surface area contributed by atoms with Crippen molar-refractivity contribution in [2.75, 3.05) is 20.7 Å². The molecule has 0 spiro atoms. The number of hydrogen-bond acceptors (Lipinski definition) is 12. The molecule has 3 aliphatic heterocycles. The third-order valence-electron chi connectivity index (χ3n) is 12.1. The number of ketones is 2. The minimum atomic E-state index is -3.19. The Bertz CT molecular complexity index is 1820. The monoisotopic (exact) mass is 797 g/mol. The summed E-state index contributed by atoms with van der Waals surface area (Å²) in [6.07, 6.45) is 0.223. The molecule has 3 saturated heterocycles. The lowest BCUT2D eigenvalue weighted by atomic mass is 9.73. The zero-order chi connectivity index (χ0) is 42.0. The van der Waals surface area contributed by atoms with Gasteiger partial charge in [-0.05, 0) is 78.7 Å². The van der Waals surface area contributed by atoms with E-state index >= 15 is 4.39 Å². The van der Waals surface area contributed by atoms with E-state index in [2.05, 4.69) is 10.3 Å². The van der Waals surface area contributed by atoms with Crippen LogP contribution in [0.1, 0.15) is 86.6 Å². The number of esters is 1. The van der Waals surface area contributed by atoms with Crippen LogP contribution >= 0.6 is 0 Å². The minimum absolute atomic E-state index is 0.0307. The van der Waals surface area contributed by atoms with Gasteiger partial charge in [0.05, 0.1) is 36.0 Å². The van der Waals surface area contributed by atoms with Crippen molar-refractivity contribution < 1.29 is 52.4 Å². The molecule has 0 bridgehead atoms. The van der Waals surface area contributed by atoms with Gasteiger partial charge >= 0.3 is 12.1 Å². The zero-order valence-corrected chi connectivity index (χ0v) is 34.8. The van der Waals surface area contributed by atoms with Crippen molar-refractivity contribution in [2.45, 2.75) is 141 Å². The second-order valence-corrected chi connectivity index (χ2v) is 16.9. The number of benzene rings is 1. The van der Waals surface area contributed by atoms with Crippen LogP contribution in [0.3, 0.4) is 0 Å². The van der Waals surface area contributed by atoms with E-state index in [0.29, 0.717) is 12.8 Å². The number of nitrogens with zero attached hydrogens (tertiary/aromatic N) is 2. The van der Waals surface area contributed by atoms with Gasteiger partial charge in [0.2, 0.25) is 0 Å². The van der Waals surface area contributed by atoms with E-state index in [1.165, 1.54) is 6.92 Å². The average Bonchev–Trinajstić information content (AvgIpc) is 3.48. The van der Waals surface area contributed by atoms with Gasteiger partial charge in [0.15, 0.2) is 17.7 Å². The van der Waals surface area contributed by atoms with Crippen LogP contribution in [0.4, 0.5) is 9.18 Å². The van der Waals surface area contributed by atoms with Crippen LogP contribution in [0.5, 0.6) is 0 Å². The van der Waals surface area contributed by atoms with E-state index in [1.807, 2.05) is 69.3 Å². The van der Waals surface area contributed by atoms with Gasteiger partial charge in [-0.3, -0.25) is 14.6 Å². The van der Waals surface area contributed by atoms with Crippen molar-refractivity contribution in [1.82, 2.24) is 15.2 Å². The molecule has 3 aliphatic rings. The van der Waals surface area contributed by atoms with Crippen LogP contribution < -0.4 is 5.32 Å². The lowest BCUT2D eigenvalue weighted by Crippen LogP contribution is -2.61. The summed E-state index contributed by atoms with van der Waals surface area (Å²) in [7, 11) is 3.65. The molecular formula is C43H60FN3O10. The predicted octanol–water partition coefficient (Wildman–Crippen LogP) is 5.59. The second kappa shape index (κ2) is 17.6. The molecule has 0 aliphatic carbocycles. The van der Waals surface area contributed by atoms with E-state index in [1.54, 1.807) is 40.0 Å². The molecule has 2 aromatic rings. The van der Waals surface area contributed by atoms with Crippen LogP contribution in [0.15, 0.2) is 42.6 Å². The van der Waals surface area contributed by atoms with Crippen LogP contribution in [0.25, 0.3) is 17.0 Å². The number of Topliss-reactive ketones (excluding diaryl/α,β-unsaturated/α-hetero) is 2. The number of rotatable bonds is 9. The zero-order valence-electron chi connectivity index (χ0n) is 34.8. The standard InChI is InChI=1S/C43H60FN3O10/c1-11-14-32-43(8)35(46-40(52)57-43)26(4)33(48)24(2)23-41(6,53-20-13-15-28-17-18-29-16-12-19-45-30(29)22-28)37(27(5)36(50)42(7,44)39(51)55-32)56-38-34(49)31(47(9)10)21-25(3)54-38/h12-13,15-19,22,24-27,31-32,34-35,37-38,49H,11,14,20-21,23H2,1-10H3,(H,46,52)/b15-13+/t24-,25-,26+,27+,31+,32-,34-,35+,37-,38?,41-,42+,43-/m1/s1. The number of carbonyl (C=O) groups excluding carboxylic acids is 4. The highest BCUT2D eigenvalue weighted by molar-refractivity contribution is 6.08. The molecule has 0 saturated carbocycles. The van der Waals surface area contributed by atoms with E-state index in [-0.39, 0.29) is 37.4 Å². The number of cyclic esters (lactones) is 1. The molecule has 13 atom stereocenters. The molecule has 1 unspecified atom stereocenters. The number of nitrogens with one attached hydrogen (secondary N) is 1. The number of hydrogen-bond donors (Lipinski definition) is 2. The summed E-state index contributed by atoms with van der Waals surface area (Å²) in [5.41, 5.74) is -4.62. The van der Waals surface area contributed by atoms with Crippen molar-refractivity contribution >= 4 is 40.6 Å². The molecule has 14 heteroatoms. The maximum atomic E-state index is 17.0. The minimum Gasteiger partial charge on any atom is -0.455 e. The highest BCUT2D eigenvalue weighted by Gasteiger charge is 2.59. The smallest absolute Gasteiger partial charge is 0.408 e. The summed E-state index contributed by atoms with van der Waals surface area (Å²) < 4.78 is 47.9. The van der Waals surface area contributed by atoms with E-state index < -0.39 is 83.1 Å². The Morgan fingerprint density at radius 1 is 1.07 bits per heavy atom. The molecule has 2 N–H and O–H groups in total. The summed E-state index contributed by atoms with van der Waals surface area (Å²) in [5.74, 6) is -5.91. The van der Waals surface area contributed by atoms with Gasteiger partial charge < -0.3 is 39.0 Å². The lowest BCUT2D eigenvalue weighted by Gasteiger charge is -2.47. The van der Waals surface area contributed by atoms with E-state index in [0.717, 1.165) is 23.4 Å². The van der Waals surface area contributed by atoms with Gasteiger partial charge in [-0.2, -0.15) is 0 Å². The molecule has 57 heavy (non-hydrogen) atoms. The molecule has 1 amide bonds. The van der Waals surface area contributed by atoms with Gasteiger partial charge in [-0.25, -0.2) is 14.0 Å². The molecule has 1 aromatic heterocycles. The van der Waals surface area contributed by atoms with Crippen LogP contribution in [0, 0.1) is 17.8 Å². The summed E-state index contributed by atoms with van der Waals surface area (Å²) in [6.45, 7) is 12.5. The first-order valence-electron chi connectivity index (χ1n) is 20.0. The first-order valence-corrected chi connectivity index (χ1v) is 20.0. The summed E-state index contributed by atoms with van der Waals surface area (Å²) in [4.78, 5) is 61.9. The number of aliphatic hydroxyl groups excluding tert-OH is 1. The van der Waals surface area contributed by atoms with Crippen molar-refractivity contribution in [2.24, 2.45) is 17.8 Å². The Morgan fingerprint density at radius 2 is 1.79 bits per heavy atom. The number of likely N-dealkylation sites (N-methyl/N-ethyl adjacent to an activating group) is 1. The van der Waals surface area contributed by atoms with Crippen molar-refractivity contribution in [1.29, 1.82) is 0 Å². The maximum Gasteiger partial charge on any atom is 0.408 e. The summed E-state index contributed by atoms with van der Waals surface area (Å²) in [6, 6.07) is 8.31. The number of fused-ring (bicyclic) bond motifs is 2. The molecule has 13 nitrogen and oxygen atoms in total. The first kappa shape index (κ1) is 44.3. The van der Waals surface area contributed by atoms with Crippen LogP contribution in [-0.4, -0.2) is 119 Å². The average molecular weight is 798 g/mol. The number of halogens is 1. The van der Waals surface area contributed by atoms with Gasteiger partial charge in [-0.1, -0.05) is 64.5 Å².